The van der Waals surface area contributed by atoms with E-state index in [1.807, 2.05) is 11.9 Å². The van der Waals surface area contributed by atoms with Gasteiger partial charge in [-0.1, -0.05) is 13.8 Å². The van der Waals surface area contributed by atoms with Crippen molar-refractivity contribution in [2.24, 2.45) is 5.92 Å². The lowest BCUT2D eigenvalue weighted by Crippen LogP contribution is -2.31. The molecule has 5 heteroatoms. The van der Waals surface area contributed by atoms with Gasteiger partial charge in [0.1, 0.15) is 0 Å². The van der Waals surface area contributed by atoms with Gasteiger partial charge in [0.15, 0.2) is 0 Å². The maximum absolute atomic E-state index is 4.23. The fourth-order valence-electron chi connectivity index (χ4n) is 1.24. The van der Waals surface area contributed by atoms with Gasteiger partial charge in [-0.05, 0) is 28.4 Å². The van der Waals surface area contributed by atoms with Gasteiger partial charge in [-0.2, -0.15) is 0 Å². The Morgan fingerprint density at radius 2 is 2.00 bits per heavy atom. The summed E-state index contributed by atoms with van der Waals surface area (Å²) in [6, 6.07) is 0. The van der Waals surface area contributed by atoms with Crippen molar-refractivity contribution in [3.8, 4) is 0 Å². The highest BCUT2D eigenvalue weighted by atomic mass is 79.9. The molecular weight excluding hydrogens is 268 g/mol. The van der Waals surface area contributed by atoms with E-state index in [1.165, 1.54) is 0 Å². The Balaban J connectivity index is 2.29. The fraction of sp³-hybridized carbons (Fsp3) is 0.636. The second-order valence-electron chi connectivity index (χ2n) is 4.22. The Kier molecular flexibility index (Phi) is 5.69. The number of hydrogen-bond donors (Lipinski definition) is 1. The average Bonchev–Trinajstić information content (AvgIpc) is 2.25. The van der Waals surface area contributed by atoms with Crippen LogP contribution in [-0.4, -0.2) is 36.6 Å². The average molecular weight is 287 g/mol. The number of halogens is 1. The van der Waals surface area contributed by atoms with Crippen LogP contribution in [-0.2, 0) is 0 Å². The summed E-state index contributed by atoms with van der Waals surface area (Å²) in [5.41, 5.74) is 0. The van der Waals surface area contributed by atoms with Gasteiger partial charge in [-0.15, -0.1) is 0 Å². The van der Waals surface area contributed by atoms with E-state index in [0.717, 1.165) is 30.1 Å². The van der Waals surface area contributed by atoms with Crippen molar-refractivity contribution in [2.75, 3.05) is 31.6 Å². The molecule has 0 amide bonds. The predicted molar refractivity (Wildman–Crippen MR) is 70.7 cm³/mol. The van der Waals surface area contributed by atoms with Crippen molar-refractivity contribution in [2.45, 2.75) is 13.8 Å². The number of hydrogen-bond acceptors (Lipinski definition) is 4. The second-order valence-corrected chi connectivity index (χ2v) is 5.14. The second kappa shape index (κ2) is 6.81. The van der Waals surface area contributed by atoms with Gasteiger partial charge in [0.25, 0.3) is 0 Å². The quantitative estimate of drug-likeness (QED) is 0.812. The van der Waals surface area contributed by atoms with E-state index in [1.54, 1.807) is 12.4 Å². The lowest BCUT2D eigenvalue weighted by Gasteiger charge is -2.17. The SMILES string of the molecule is CC(C)CNCCN(C)c1ncc(Br)cn1. The zero-order chi connectivity index (χ0) is 12.0. The molecule has 90 valence electrons. The molecule has 1 aromatic rings. The van der Waals surface area contributed by atoms with Crippen LogP contribution < -0.4 is 10.2 Å². The monoisotopic (exact) mass is 286 g/mol. The van der Waals surface area contributed by atoms with E-state index in [0.29, 0.717) is 5.92 Å². The summed E-state index contributed by atoms with van der Waals surface area (Å²) < 4.78 is 0.905. The van der Waals surface area contributed by atoms with Crippen LogP contribution in [0.25, 0.3) is 0 Å². The minimum absolute atomic E-state index is 0.689. The molecule has 0 saturated heterocycles. The van der Waals surface area contributed by atoms with E-state index >= 15 is 0 Å². The number of rotatable bonds is 6. The van der Waals surface area contributed by atoms with E-state index < -0.39 is 0 Å². The van der Waals surface area contributed by atoms with Gasteiger partial charge in [0.05, 0.1) is 4.47 Å². The van der Waals surface area contributed by atoms with Gasteiger partial charge in [-0.25, -0.2) is 9.97 Å². The molecule has 0 radical (unpaired) electrons. The molecule has 0 aromatic carbocycles. The van der Waals surface area contributed by atoms with Crippen LogP contribution in [0.3, 0.4) is 0 Å². The molecule has 0 unspecified atom stereocenters. The standard InChI is InChI=1S/C11H19BrN4/c1-9(2)6-13-4-5-16(3)11-14-7-10(12)8-15-11/h7-9,13H,4-6H2,1-3H3. The third-order valence-corrected chi connectivity index (χ3v) is 2.53. The van der Waals surface area contributed by atoms with Gasteiger partial charge in [0.2, 0.25) is 5.95 Å². The van der Waals surface area contributed by atoms with Crippen molar-refractivity contribution >= 4 is 21.9 Å². The maximum atomic E-state index is 4.23. The number of likely N-dealkylation sites (N-methyl/N-ethyl adjacent to an activating group) is 1. The molecule has 0 bridgehead atoms. The molecule has 0 saturated carbocycles. The third kappa shape index (κ3) is 4.90. The largest absolute Gasteiger partial charge is 0.343 e. The van der Waals surface area contributed by atoms with Gasteiger partial charge in [-0.3, -0.25) is 0 Å². The minimum Gasteiger partial charge on any atom is -0.343 e. The van der Waals surface area contributed by atoms with Crippen molar-refractivity contribution in [3.05, 3.63) is 16.9 Å². The van der Waals surface area contributed by atoms with E-state index in [9.17, 15) is 0 Å². The Hall–Kier alpha value is -0.680. The van der Waals surface area contributed by atoms with Crippen molar-refractivity contribution in [1.82, 2.24) is 15.3 Å². The molecule has 1 heterocycles. The molecule has 4 nitrogen and oxygen atoms in total. The summed E-state index contributed by atoms with van der Waals surface area (Å²) >= 11 is 3.32. The van der Waals surface area contributed by atoms with Gasteiger partial charge < -0.3 is 10.2 Å². The van der Waals surface area contributed by atoms with E-state index in [2.05, 4.69) is 45.1 Å². The highest BCUT2D eigenvalue weighted by Gasteiger charge is 2.03. The number of nitrogens with one attached hydrogen (secondary N) is 1. The number of anilines is 1. The summed E-state index contributed by atoms with van der Waals surface area (Å²) in [5.74, 6) is 1.45. The Morgan fingerprint density at radius 3 is 2.56 bits per heavy atom. The van der Waals surface area contributed by atoms with Crippen LogP contribution in [0.15, 0.2) is 16.9 Å². The summed E-state index contributed by atoms with van der Waals surface area (Å²) in [6.45, 7) is 7.32. The lowest BCUT2D eigenvalue weighted by molar-refractivity contribution is 0.553. The number of nitrogens with zero attached hydrogens (tertiary/aromatic N) is 3. The molecule has 0 fully saturated rings. The minimum atomic E-state index is 0.689. The molecule has 1 rings (SSSR count). The molecule has 0 atom stereocenters. The van der Waals surface area contributed by atoms with Crippen LogP contribution >= 0.6 is 15.9 Å². The van der Waals surface area contributed by atoms with Crippen LogP contribution in [0.1, 0.15) is 13.8 Å². The zero-order valence-electron chi connectivity index (χ0n) is 10.1. The third-order valence-electron chi connectivity index (χ3n) is 2.12. The van der Waals surface area contributed by atoms with Crippen molar-refractivity contribution in [1.29, 1.82) is 0 Å². The van der Waals surface area contributed by atoms with Crippen LogP contribution in [0.5, 0.6) is 0 Å². The maximum Gasteiger partial charge on any atom is 0.225 e. The molecule has 1 N–H and O–H groups in total. The predicted octanol–water partition coefficient (Wildman–Crippen LogP) is 1.92. The van der Waals surface area contributed by atoms with Crippen LogP contribution in [0.4, 0.5) is 5.95 Å². The first-order chi connectivity index (χ1) is 7.59. The van der Waals surface area contributed by atoms with Gasteiger partial charge in [0, 0.05) is 32.5 Å². The molecular formula is C11H19BrN4. The highest BCUT2D eigenvalue weighted by molar-refractivity contribution is 9.10. The molecule has 0 aliphatic heterocycles. The first-order valence-corrected chi connectivity index (χ1v) is 6.28. The normalized spacial score (nSPS) is 10.8. The lowest BCUT2D eigenvalue weighted by atomic mass is 10.2. The summed E-state index contributed by atoms with van der Waals surface area (Å²) in [5, 5.41) is 3.39. The summed E-state index contributed by atoms with van der Waals surface area (Å²) in [7, 11) is 2.00. The topological polar surface area (TPSA) is 41.0 Å². The summed E-state index contributed by atoms with van der Waals surface area (Å²) in [6.07, 6.45) is 3.53. The highest BCUT2D eigenvalue weighted by Crippen LogP contribution is 2.08. The Bertz CT molecular complexity index is 299. The van der Waals surface area contributed by atoms with Gasteiger partial charge >= 0.3 is 0 Å². The van der Waals surface area contributed by atoms with Crippen LogP contribution in [0.2, 0.25) is 0 Å². The molecule has 1 aromatic heterocycles. The Morgan fingerprint density at radius 1 is 1.38 bits per heavy atom. The molecule has 0 aliphatic rings. The fourth-order valence-corrected chi connectivity index (χ4v) is 1.44. The smallest absolute Gasteiger partial charge is 0.225 e. The first-order valence-electron chi connectivity index (χ1n) is 5.49. The van der Waals surface area contributed by atoms with E-state index in [-0.39, 0.29) is 0 Å². The van der Waals surface area contributed by atoms with Crippen molar-refractivity contribution in [3.63, 3.8) is 0 Å². The molecule has 0 aliphatic carbocycles. The first kappa shape index (κ1) is 13.4. The van der Waals surface area contributed by atoms with E-state index in [4.69, 9.17) is 0 Å². The zero-order valence-corrected chi connectivity index (χ0v) is 11.7. The molecule has 0 spiro atoms. The number of aromatic nitrogens is 2. The summed E-state index contributed by atoms with van der Waals surface area (Å²) in [4.78, 5) is 10.5. The van der Waals surface area contributed by atoms with Crippen LogP contribution in [0, 0.1) is 5.92 Å². The Labute approximate surface area is 106 Å². The van der Waals surface area contributed by atoms with Crippen molar-refractivity contribution < 1.29 is 0 Å². The molecule has 16 heavy (non-hydrogen) atoms.